The van der Waals surface area contributed by atoms with Gasteiger partial charge in [0.15, 0.2) is 11.0 Å². The second kappa shape index (κ2) is 8.41. The van der Waals surface area contributed by atoms with E-state index in [2.05, 4.69) is 10.2 Å². The first-order valence-electron chi connectivity index (χ1n) is 8.16. The zero-order valence-electron chi connectivity index (χ0n) is 15.1. The van der Waals surface area contributed by atoms with Gasteiger partial charge in [0.05, 0.1) is 10.7 Å². The molecule has 1 heterocycles. The number of anilines is 1. The van der Waals surface area contributed by atoms with Crippen LogP contribution in [0.2, 0.25) is 5.02 Å². The maximum Gasteiger partial charge on any atom is 0.269 e. The largest absolute Gasteiger partial charge is 0.315 e. The summed E-state index contributed by atoms with van der Waals surface area (Å²) >= 11 is 7.18. The van der Waals surface area contributed by atoms with Crippen LogP contribution in [-0.4, -0.2) is 38.4 Å². The Kier molecular flexibility index (Phi) is 5.96. The first-order chi connectivity index (χ1) is 13.4. The van der Waals surface area contributed by atoms with Crippen LogP contribution >= 0.6 is 23.4 Å². The number of hydrogen-bond acceptors (Lipinski definition) is 6. The normalized spacial score (nSPS) is 10.7. The monoisotopic (exact) mass is 417 g/mol. The molecular weight excluding hydrogens is 402 g/mol. The Balaban J connectivity index is 1.66. The zero-order chi connectivity index (χ0) is 20.3. The van der Waals surface area contributed by atoms with Crippen molar-refractivity contribution in [1.29, 1.82) is 0 Å². The summed E-state index contributed by atoms with van der Waals surface area (Å²) in [5.74, 6) is 0.672. The molecule has 0 radical (unpaired) electrons. The molecule has 3 rings (SSSR count). The summed E-state index contributed by atoms with van der Waals surface area (Å²) in [7, 11) is 3.46. The van der Waals surface area contributed by atoms with Crippen molar-refractivity contribution in [3.8, 4) is 11.4 Å². The number of nitrogens with zero attached hydrogens (tertiary/aromatic N) is 5. The van der Waals surface area contributed by atoms with E-state index in [1.54, 1.807) is 31.3 Å². The van der Waals surface area contributed by atoms with Gasteiger partial charge in [0, 0.05) is 42.5 Å². The number of carbonyl (C=O) groups is 1. The van der Waals surface area contributed by atoms with E-state index in [-0.39, 0.29) is 17.3 Å². The third kappa shape index (κ3) is 4.32. The Morgan fingerprint density at radius 2 is 1.82 bits per heavy atom. The minimum atomic E-state index is -0.478. The molecule has 1 amide bonds. The van der Waals surface area contributed by atoms with Crippen LogP contribution in [0, 0.1) is 10.1 Å². The van der Waals surface area contributed by atoms with E-state index in [4.69, 9.17) is 11.6 Å². The molecule has 0 saturated heterocycles. The van der Waals surface area contributed by atoms with Crippen LogP contribution < -0.4 is 4.90 Å². The molecule has 0 unspecified atom stereocenters. The average Bonchev–Trinajstić information content (AvgIpc) is 3.06. The topological polar surface area (TPSA) is 94.2 Å². The summed E-state index contributed by atoms with van der Waals surface area (Å²) in [5, 5.41) is 20.3. The number of benzene rings is 2. The molecule has 10 heteroatoms. The maximum absolute atomic E-state index is 12.5. The molecule has 0 aliphatic carbocycles. The molecule has 0 N–H and O–H groups in total. The van der Waals surface area contributed by atoms with Crippen molar-refractivity contribution in [1.82, 2.24) is 14.8 Å². The number of halogens is 1. The van der Waals surface area contributed by atoms with Gasteiger partial charge in [-0.15, -0.1) is 10.2 Å². The van der Waals surface area contributed by atoms with Crippen LogP contribution in [0.15, 0.2) is 53.7 Å². The summed E-state index contributed by atoms with van der Waals surface area (Å²) in [4.78, 5) is 24.2. The summed E-state index contributed by atoms with van der Waals surface area (Å²) in [6.07, 6.45) is 0. The van der Waals surface area contributed by atoms with E-state index < -0.39 is 4.92 Å². The maximum atomic E-state index is 12.5. The van der Waals surface area contributed by atoms with Gasteiger partial charge in [-0.25, -0.2) is 0 Å². The van der Waals surface area contributed by atoms with Crippen molar-refractivity contribution in [3.05, 3.63) is 63.7 Å². The lowest BCUT2D eigenvalue weighted by molar-refractivity contribution is -0.384. The fraction of sp³-hybridized carbons (Fsp3) is 0.167. The molecule has 1 aromatic heterocycles. The predicted octanol–water partition coefficient (Wildman–Crippen LogP) is 3.80. The first kappa shape index (κ1) is 19.8. The Labute approximate surface area is 170 Å². The van der Waals surface area contributed by atoms with Gasteiger partial charge < -0.3 is 9.47 Å². The molecule has 3 aromatic rings. The van der Waals surface area contributed by atoms with Crippen LogP contribution in [0.1, 0.15) is 0 Å². The highest BCUT2D eigenvalue weighted by Crippen LogP contribution is 2.25. The number of non-ortho nitro benzene ring substituents is 1. The molecule has 28 heavy (non-hydrogen) atoms. The highest BCUT2D eigenvalue weighted by atomic mass is 35.5. The molecule has 0 aliphatic rings. The number of aromatic nitrogens is 3. The average molecular weight is 418 g/mol. The molecular formula is C18H16ClN5O3S. The highest BCUT2D eigenvalue weighted by molar-refractivity contribution is 7.99. The standard InChI is InChI=1S/C18H16ClN5O3S/c1-22(14-7-9-15(10-8-14)24(26)27)16(25)11-28-18-21-20-17(23(18)2)12-3-5-13(19)6-4-12/h3-10H,11H2,1-2H3. The number of thioether (sulfide) groups is 1. The number of rotatable bonds is 6. The van der Waals surface area contributed by atoms with Crippen molar-refractivity contribution in [2.75, 3.05) is 17.7 Å². The third-order valence-corrected chi connectivity index (χ3v) is 5.34. The number of nitro benzene ring substituents is 1. The lowest BCUT2D eigenvalue weighted by Gasteiger charge is -2.16. The second-order valence-electron chi connectivity index (χ2n) is 5.89. The zero-order valence-corrected chi connectivity index (χ0v) is 16.6. The quantitative estimate of drug-likeness (QED) is 0.344. The van der Waals surface area contributed by atoms with E-state index >= 15 is 0 Å². The number of nitro groups is 1. The number of hydrogen-bond donors (Lipinski definition) is 0. The van der Waals surface area contributed by atoms with Crippen molar-refractivity contribution >= 4 is 40.6 Å². The molecule has 0 saturated carbocycles. The van der Waals surface area contributed by atoms with E-state index in [0.717, 1.165) is 5.56 Å². The van der Waals surface area contributed by atoms with Crippen molar-refractivity contribution < 1.29 is 9.72 Å². The van der Waals surface area contributed by atoms with Crippen LogP contribution in [0.5, 0.6) is 0 Å². The Bertz CT molecular complexity index is 1010. The van der Waals surface area contributed by atoms with Crippen molar-refractivity contribution in [2.45, 2.75) is 5.16 Å². The van der Waals surface area contributed by atoms with Gasteiger partial charge in [-0.3, -0.25) is 14.9 Å². The molecule has 0 aliphatic heterocycles. The smallest absolute Gasteiger partial charge is 0.269 e. The van der Waals surface area contributed by atoms with Crippen LogP contribution in [-0.2, 0) is 11.8 Å². The lowest BCUT2D eigenvalue weighted by Crippen LogP contribution is -2.28. The van der Waals surface area contributed by atoms with Crippen LogP contribution in [0.4, 0.5) is 11.4 Å². The van der Waals surface area contributed by atoms with Crippen LogP contribution in [0.3, 0.4) is 0 Å². The minimum Gasteiger partial charge on any atom is -0.315 e. The van der Waals surface area contributed by atoms with Crippen LogP contribution in [0.25, 0.3) is 11.4 Å². The summed E-state index contributed by atoms with van der Waals surface area (Å²) in [6, 6.07) is 13.1. The van der Waals surface area contributed by atoms with E-state index in [0.29, 0.717) is 21.7 Å². The molecule has 144 valence electrons. The van der Waals surface area contributed by atoms with E-state index in [1.807, 2.05) is 23.7 Å². The summed E-state index contributed by atoms with van der Waals surface area (Å²) in [6.45, 7) is 0. The molecule has 0 fully saturated rings. The van der Waals surface area contributed by atoms with Crippen molar-refractivity contribution in [2.24, 2.45) is 7.05 Å². The van der Waals surface area contributed by atoms with Gasteiger partial charge in [-0.2, -0.15) is 0 Å². The van der Waals surface area contributed by atoms with Crippen molar-refractivity contribution in [3.63, 3.8) is 0 Å². The molecule has 0 atom stereocenters. The number of carbonyl (C=O) groups excluding carboxylic acids is 1. The van der Waals surface area contributed by atoms with Gasteiger partial charge >= 0.3 is 0 Å². The number of amides is 1. The Hall–Kier alpha value is -2.91. The predicted molar refractivity (Wildman–Crippen MR) is 109 cm³/mol. The summed E-state index contributed by atoms with van der Waals surface area (Å²) in [5.41, 5.74) is 1.43. The molecule has 2 aromatic carbocycles. The molecule has 8 nitrogen and oxygen atoms in total. The minimum absolute atomic E-state index is 0.0206. The highest BCUT2D eigenvalue weighted by Gasteiger charge is 2.16. The van der Waals surface area contributed by atoms with E-state index in [1.165, 1.54) is 28.8 Å². The fourth-order valence-corrected chi connectivity index (χ4v) is 3.41. The SMILES string of the molecule is CN(C(=O)CSc1nnc(-c2ccc(Cl)cc2)n1C)c1ccc([N+](=O)[O-])cc1. The molecule has 0 bridgehead atoms. The third-order valence-electron chi connectivity index (χ3n) is 4.08. The first-order valence-corrected chi connectivity index (χ1v) is 9.52. The van der Waals surface area contributed by atoms with Gasteiger partial charge in [-0.05, 0) is 36.4 Å². The van der Waals surface area contributed by atoms with Gasteiger partial charge in [0.1, 0.15) is 0 Å². The Morgan fingerprint density at radius 3 is 2.43 bits per heavy atom. The fourth-order valence-electron chi connectivity index (χ4n) is 2.46. The van der Waals surface area contributed by atoms with Gasteiger partial charge in [0.2, 0.25) is 5.91 Å². The summed E-state index contributed by atoms with van der Waals surface area (Å²) < 4.78 is 1.81. The lowest BCUT2D eigenvalue weighted by atomic mass is 10.2. The Morgan fingerprint density at radius 1 is 1.18 bits per heavy atom. The van der Waals surface area contributed by atoms with E-state index in [9.17, 15) is 14.9 Å². The molecule has 0 spiro atoms. The van der Waals surface area contributed by atoms with Gasteiger partial charge in [0.25, 0.3) is 5.69 Å². The van der Waals surface area contributed by atoms with Gasteiger partial charge in [-0.1, -0.05) is 23.4 Å². The second-order valence-corrected chi connectivity index (χ2v) is 7.27.